The number of pyridine rings is 1. The van der Waals surface area contributed by atoms with Crippen molar-refractivity contribution in [1.29, 1.82) is 0 Å². The highest BCUT2D eigenvalue weighted by Gasteiger charge is 2.38. The zero-order valence-electron chi connectivity index (χ0n) is 35.9. The summed E-state index contributed by atoms with van der Waals surface area (Å²) < 4.78 is 38.1. The van der Waals surface area contributed by atoms with Gasteiger partial charge in [-0.1, -0.05) is 47.0 Å². The van der Waals surface area contributed by atoms with Gasteiger partial charge >= 0.3 is 0 Å². The first-order valence-corrected chi connectivity index (χ1v) is 27.6. The standard InChI is InChI=1S/C40H65IN8O5Si2/c1-14-31-30-23-32(42-24-33(30)49(44-31)35-17-15-16-19-51-35)36-29(3)43-47(8)39(36)52-20-18-46(7)25-34-37(41)38(53-27-50-21-22-55(9,10)11)45-48(34)28(2)26-54-56(12,13)40(4,5)6/h14,23-24,28,35H,1,15-22,25-27H2,2-13H3/t28-,35?/m0/s1. The van der Waals surface area contributed by atoms with Gasteiger partial charge in [0, 0.05) is 46.8 Å². The quantitative estimate of drug-likeness (QED) is 0.0391. The van der Waals surface area contributed by atoms with Crippen molar-refractivity contribution in [1.82, 2.24) is 39.2 Å². The molecule has 1 saturated heterocycles. The smallest absolute Gasteiger partial charge is 0.248 e. The molecule has 1 aliphatic rings. The summed E-state index contributed by atoms with van der Waals surface area (Å²) in [6, 6.07) is 3.17. The average Bonchev–Trinajstić information content (AvgIpc) is 3.75. The third-order valence-electron chi connectivity index (χ3n) is 10.9. The second-order valence-electron chi connectivity index (χ2n) is 17.8. The molecule has 1 unspecified atom stereocenters. The van der Waals surface area contributed by atoms with E-state index in [1.807, 2.05) is 24.9 Å². The average molecular weight is 921 g/mol. The molecule has 5 heterocycles. The Balaban J connectivity index is 1.30. The van der Waals surface area contributed by atoms with E-state index < -0.39 is 16.4 Å². The lowest BCUT2D eigenvalue weighted by atomic mass is 10.1. The van der Waals surface area contributed by atoms with E-state index in [4.69, 9.17) is 43.7 Å². The summed E-state index contributed by atoms with van der Waals surface area (Å²) in [6.07, 6.45) is 6.70. The lowest BCUT2D eigenvalue weighted by Gasteiger charge is -2.37. The molecule has 0 amide bonds. The Kier molecular flexibility index (Phi) is 14.7. The molecule has 0 aromatic carbocycles. The van der Waals surface area contributed by atoms with Crippen molar-refractivity contribution in [3.05, 3.63) is 39.5 Å². The minimum Gasteiger partial charge on any atom is -0.476 e. The van der Waals surface area contributed by atoms with E-state index in [0.717, 1.165) is 74.7 Å². The third-order valence-corrected chi connectivity index (χ3v) is 18.2. The van der Waals surface area contributed by atoms with E-state index in [0.29, 0.717) is 44.7 Å². The van der Waals surface area contributed by atoms with E-state index in [1.165, 1.54) is 0 Å². The molecule has 1 aliphatic heterocycles. The van der Waals surface area contributed by atoms with Crippen molar-refractivity contribution in [3.63, 3.8) is 0 Å². The minimum absolute atomic E-state index is 0.0103. The lowest BCUT2D eigenvalue weighted by molar-refractivity contribution is -0.0367. The number of aryl methyl sites for hydroxylation is 2. The van der Waals surface area contributed by atoms with Crippen molar-refractivity contribution in [2.45, 2.75) is 117 Å². The van der Waals surface area contributed by atoms with Gasteiger partial charge in [0.15, 0.2) is 21.3 Å². The van der Waals surface area contributed by atoms with Crippen LogP contribution in [-0.2, 0) is 27.5 Å². The maximum absolute atomic E-state index is 6.66. The highest BCUT2D eigenvalue weighted by Crippen LogP contribution is 2.38. The Bertz CT molecular complexity index is 1940. The number of rotatable bonds is 19. The molecule has 310 valence electrons. The van der Waals surface area contributed by atoms with E-state index >= 15 is 0 Å². The number of aromatic nitrogens is 7. The normalized spacial score (nSPS) is 16.2. The maximum Gasteiger partial charge on any atom is 0.248 e. The summed E-state index contributed by atoms with van der Waals surface area (Å²) in [7, 11) is 0.862. The Labute approximate surface area is 349 Å². The van der Waals surface area contributed by atoms with Crippen LogP contribution in [-0.4, -0.2) is 102 Å². The topological polar surface area (TPSA) is 116 Å². The van der Waals surface area contributed by atoms with Crippen LogP contribution in [0.2, 0.25) is 43.8 Å². The number of likely N-dealkylation sites (N-methyl/N-ethyl adjacent to an activating group) is 1. The number of hydrogen-bond acceptors (Lipinski definition) is 10. The zero-order chi connectivity index (χ0) is 41.0. The predicted molar refractivity (Wildman–Crippen MR) is 238 cm³/mol. The van der Waals surface area contributed by atoms with Gasteiger partial charge in [-0.05, 0) is 99.1 Å². The number of ether oxygens (including phenoxy) is 4. The van der Waals surface area contributed by atoms with Gasteiger partial charge in [-0.15, -0.1) is 5.10 Å². The molecular weight excluding hydrogens is 856 g/mol. The molecule has 16 heteroatoms. The van der Waals surface area contributed by atoms with Crippen molar-refractivity contribution in [3.8, 4) is 23.0 Å². The molecule has 0 bridgehead atoms. The molecule has 0 radical (unpaired) electrons. The lowest BCUT2D eigenvalue weighted by Crippen LogP contribution is -2.42. The first kappa shape index (κ1) is 44.5. The van der Waals surface area contributed by atoms with Crippen molar-refractivity contribution in [2.24, 2.45) is 7.05 Å². The summed E-state index contributed by atoms with van der Waals surface area (Å²) in [4.78, 5) is 7.15. The molecule has 13 nitrogen and oxygen atoms in total. The van der Waals surface area contributed by atoms with Gasteiger partial charge in [0.05, 0.1) is 56.3 Å². The third kappa shape index (κ3) is 10.7. The fraction of sp³-hybridized carbons (Fsp3) is 0.650. The summed E-state index contributed by atoms with van der Waals surface area (Å²) in [5.41, 5.74) is 5.30. The Hall–Kier alpha value is -2.62. The van der Waals surface area contributed by atoms with Crippen LogP contribution in [0, 0.1) is 10.5 Å². The van der Waals surface area contributed by atoms with Crippen LogP contribution >= 0.6 is 22.6 Å². The second kappa shape index (κ2) is 18.5. The molecular formula is C40H65IN8O5Si2. The van der Waals surface area contributed by atoms with Gasteiger partial charge in [-0.2, -0.15) is 10.2 Å². The summed E-state index contributed by atoms with van der Waals surface area (Å²) in [6.45, 7) is 30.6. The first-order chi connectivity index (χ1) is 26.3. The van der Waals surface area contributed by atoms with Crippen LogP contribution in [0.4, 0.5) is 0 Å². The molecule has 4 aromatic rings. The predicted octanol–water partition coefficient (Wildman–Crippen LogP) is 9.07. The molecule has 5 rings (SSSR count). The summed E-state index contributed by atoms with van der Waals surface area (Å²) in [5, 5.41) is 15.7. The highest BCUT2D eigenvalue weighted by molar-refractivity contribution is 14.1. The van der Waals surface area contributed by atoms with Gasteiger partial charge in [-0.25, -0.2) is 9.36 Å². The van der Waals surface area contributed by atoms with Gasteiger partial charge < -0.3 is 23.4 Å². The fourth-order valence-electron chi connectivity index (χ4n) is 6.39. The maximum atomic E-state index is 6.66. The van der Waals surface area contributed by atoms with E-state index in [9.17, 15) is 0 Å². The van der Waals surface area contributed by atoms with E-state index in [2.05, 4.69) is 112 Å². The molecule has 2 atom stereocenters. The molecule has 1 fully saturated rings. The van der Waals surface area contributed by atoms with Crippen molar-refractivity contribution in [2.75, 3.05) is 46.8 Å². The summed E-state index contributed by atoms with van der Waals surface area (Å²) >= 11 is 2.36. The number of hydrogen-bond donors (Lipinski definition) is 0. The monoisotopic (exact) mass is 920 g/mol. The SMILES string of the molecule is C=Cc1nn(C2CCCCO2)c2cnc(-c3c(C)nn(C)c3OCCN(C)Cc3c(I)c(OCOCC[Si](C)(C)C)nn3[C@@H](C)CO[Si](C)(C)C(C)(C)C)cc12. The number of halogens is 1. The fourth-order valence-corrected chi connectivity index (χ4v) is 8.92. The first-order valence-electron chi connectivity index (χ1n) is 19.9. The van der Waals surface area contributed by atoms with Crippen LogP contribution in [0.3, 0.4) is 0 Å². The van der Waals surface area contributed by atoms with E-state index in [-0.39, 0.29) is 24.1 Å². The van der Waals surface area contributed by atoms with Crippen molar-refractivity contribution < 1.29 is 23.4 Å². The number of fused-ring (bicyclic) bond motifs is 1. The van der Waals surface area contributed by atoms with Gasteiger partial charge in [0.1, 0.15) is 6.61 Å². The molecule has 0 aliphatic carbocycles. The second-order valence-corrected chi connectivity index (χ2v) is 29.3. The van der Waals surface area contributed by atoms with Gasteiger partial charge in [0.25, 0.3) is 0 Å². The Morgan fingerprint density at radius 1 is 1.11 bits per heavy atom. The molecule has 56 heavy (non-hydrogen) atoms. The van der Waals surface area contributed by atoms with E-state index in [1.54, 1.807) is 10.8 Å². The molecule has 4 aromatic heterocycles. The summed E-state index contributed by atoms with van der Waals surface area (Å²) in [5.74, 6) is 1.26. The molecule has 0 saturated carbocycles. The van der Waals surface area contributed by atoms with Crippen LogP contribution in [0.15, 0.2) is 18.8 Å². The zero-order valence-corrected chi connectivity index (χ0v) is 40.0. The number of nitrogens with zero attached hydrogens (tertiary/aromatic N) is 8. The van der Waals surface area contributed by atoms with Crippen molar-refractivity contribution >= 4 is 56.0 Å². The van der Waals surface area contributed by atoms with Gasteiger partial charge in [0.2, 0.25) is 11.8 Å². The largest absolute Gasteiger partial charge is 0.476 e. The molecule has 0 N–H and O–H groups in total. The molecule has 0 spiro atoms. The van der Waals surface area contributed by atoms with Crippen LogP contribution in [0.5, 0.6) is 11.8 Å². The van der Waals surface area contributed by atoms with Crippen LogP contribution < -0.4 is 9.47 Å². The Morgan fingerprint density at radius 3 is 2.52 bits per heavy atom. The Morgan fingerprint density at radius 2 is 1.86 bits per heavy atom. The van der Waals surface area contributed by atoms with Gasteiger partial charge in [-0.3, -0.25) is 14.6 Å². The van der Waals surface area contributed by atoms with Crippen LogP contribution in [0.1, 0.15) is 76.3 Å². The minimum atomic E-state index is -1.95. The van der Waals surface area contributed by atoms with Crippen LogP contribution in [0.25, 0.3) is 28.2 Å². The highest BCUT2D eigenvalue weighted by atomic mass is 127.